The van der Waals surface area contributed by atoms with Gasteiger partial charge in [0.15, 0.2) is 9.84 Å². The van der Waals surface area contributed by atoms with Crippen LogP contribution < -0.4 is 5.73 Å². The first-order valence-electron chi connectivity index (χ1n) is 6.61. The highest BCUT2D eigenvalue weighted by Crippen LogP contribution is 2.29. The van der Waals surface area contributed by atoms with Gasteiger partial charge in [-0.2, -0.15) is 0 Å². The molecule has 0 radical (unpaired) electrons. The van der Waals surface area contributed by atoms with Crippen molar-refractivity contribution >= 4 is 15.7 Å². The number of hydrogen-bond donors (Lipinski definition) is 1. The number of likely N-dealkylation sites (N-methyl/N-ethyl adjacent to an activating group) is 1. The van der Waals surface area contributed by atoms with Crippen LogP contribution in [0.25, 0.3) is 0 Å². The summed E-state index contributed by atoms with van der Waals surface area (Å²) in [5.74, 6) is 0.197. The van der Waals surface area contributed by atoms with Crippen LogP contribution in [-0.2, 0) is 14.6 Å². The van der Waals surface area contributed by atoms with Crippen molar-refractivity contribution in [2.75, 3.05) is 18.6 Å². The van der Waals surface area contributed by atoms with Crippen LogP contribution in [0.2, 0.25) is 0 Å². The van der Waals surface area contributed by atoms with Gasteiger partial charge in [0.2, 0.25) is 5.91 Å². The molecule has 1 amide bonds. The average Bonchev–Trinajstić information content (AvgIpc) is 2.69. The number of sulfone groups is 1. The third-order valence-corrected chi connectivity index (χ3v) is 6.00. The molecular formula is C12H22N2O3S. The number of rotatable bonds is 2. The van der Waals surface area contributed by atoms with E-state index in [-0.39, 0.29) is 23.5 Å². The molecule has 0 aromatic carbocycles. The molecule has 1 saturated heterocycles. The van der Waals surface area contributed by atoms with Gasteiger partial charge in [-0.3, -0.25) is 4.79 Å². The summed E-state index contributed by atoms with van der Waals surface area (Å²) in [7, 11) is -1.27. The highest BCUT2D eigenvalue weighted by Gasteiger charge is 2.41. The van der Waals surface area contributed by atoms with Crippen LogP contribution in [0, 0.1) is 0 Å². The maximum Gasteiger partial charge on any atom is 0.242 e. The molecule has 0 bridgehead atoms. The predicted octanol–water partition coefficient (Wildman–Crippen LogP) is 0.293. The maximum absolute atomic E-state index is 12.4. The van der Waals surface area contributed by atoms with Gasteiger partial charge >= 0.3 is 0 Å². The van der Waals surface area contributed by atoms with Gasteiger partial charge in [0.25, 0.3) is 0 Å². The largest absolute Gasteiger partial charge is 0.340 e. The molecule has 2 fully saturated rings. The van der Waals surface area contributed by atoms with Crippen LogP contribution in [0.3, 0.4) is 0 Å². The topological polar surface area (TPSA) is 80.5 Å². The fraction of sp³-hybridized carbons (Fsp3) is 0.917. The fourth-order valence-electron chi connectivity index (χ4n) is 2.99. The first kappa shape index (κ1) is 13.8. The summed E-state index contributed by atoms with van der Waals surface area (Å²) in [6.45, 7) is 0. The lowest BCUT2D eigenvalue weighted by Gasteiger charge is -2.37. The number of nitrogens with zero attached hydrogens (tertiary/aromatic N) is 1. The van der Waals surface area contributed by atoms with Crippen molar-refractivity contribution in [2.45, 2.75) is 50.1 Å². The molecule has 2 rings (SSSR count). The van der Waals surface area contributed by atoms with E-state index >= 15 is 0 Å². The van der Waals surface area contributed by atoms with Gasteiger partial charge in [0, 0.05) is 13.1 Å². The molecule has 5 nitrogen and oxygen atoms in total. The van der Waals surface area contributed by atoms with E-state index < -0.39 is 15.4 Å². The van der Waals surface area contributed by atoms with Gasteiger partial charge in [-0.15, -0.1) is 0 Å². The number of carbonyl (C=O) groups excluding carboxylic acids is 1. The van der Waals surface area contributed by atoms with E-state index in [4.69, 9.17) is 5.73 Å². The quantitative estimate of drug-likeness (QED) is 0.785. The normalized spacial score (nSPS) is 30.0. The number of nitrogens with two attached hydrogens (primary N) is 1. The predicted molar refractivity (Wildman–Crippen MR) is 69.8 cm³/mol. The van der Waals surface area contributed by atoms with Crippen molar-refractivity contribution in [3.05, 3.63) is 0 Å². The standard InChI is InChI=1S/C12H22N2O3S/c1-14(10-5-8-18(16,17)9-10)11(15)12(13)6-3-2-4-7-12/h10H,2-9,13H2,1H3. The van der Waals surface area contributed by atoms with E-state index in [1.807, 2.05) is 0 Å². The van der Waals surface area contributed by atoms with Gasteiger partial charge in [0.1, 0.15) is 0 Å². The lowest BCUT2D eigenvalue weighted by Crippen LogP contribution is -2.57. The molecule has 1 atom stereocenters. The van der Waals surface area contributed by atoms with Crippen molar-refractivity contribution in [1.29, 1.82) is 0 Å². The van der Waals surface area contributed by atoms with Gasteiger partial charge in [-0.1, -0.05) is 19.3 Å². The summed E-state index contributed by atoms with van der Waals surface area (Å²) in [5.41, 5.74) is 5.43. The Bertz CT molecular complexity index is 427. The Morgan fingerprint density at radius 2 is 1.89 bits per heavy atom. The monoisotopic (exact) mass is 274 g/mol. The first-order chi connectivity index (χ1) is 8.34. The number of amides is 1. The van der Waals surface area contributed by atoms with E-state index in [0.717, 1.165) is 32.1 Å². The van der Waals surface area contributed by atoms with Crippen molar-refractivity contribution in [2.24, 2.45) is 5.73 Å². The molecule has 1 aliphatic heterocycles. The van der Waals surface area contributed by atoms with Crippen LogP contribution in [0.4, 0.5) is 0 Å². The number of carbonyl (C=O) groups is 1. The highest BCUT2D eigenvalue weighted by molar-refractivity contribution is 7.91. The van der Waals surface area contributed by atoms with Crippen molar-refractivity contribution in [3.63, 3.8) is 0 Å². The molecule has 1 heterocycles. The smallest absolute Gasteiger partial charge is 0.242 e. The Balaban J connectivity index is 2.04. The molecule has 1 saturated carbocycles. The Labute approximate surface area is 109 Å². The van der Waals surface area contributed by atoms with Crippen molar-refractivity contribution < 1.29 is 13.2 Å². The lowest BCUT2D eigenvalue weighted by molar-refractivity contribution is -0.138. The summed E-state index contributed by atoms with van der Waals surface area (Å²) in [6.07, 6.45) is 5.08. The van der Waals surface area contributed by atoms with Crippen LogP contribution in [-0.4, -0.2) is 49.4 Å². The Morgan fingerprint density at radius 1 is 1.28 bits per heavy atom. The van der Waals surface area contributed by atoms with Crippen LogP contribution >= 0.6 is 0 Å². The zero-order chi connectivity index (χ0) is 13.4. The third kappa shape index (κ3) is 2.69. The van der Waals surface area contributed by atoms with Gasteiger partial charge in [-0.25, -0.2) is 8.42 Å². The highest BCUT2D eigenvalue weighted by atomic mass is 32.2. The summed E-state index contributed by atoms with van der Waals surface area (Å²) >= 11 is 0. The van der Waals surface area contributed by atoms with E-state index in [0.29, 0.717) is 6.42 Å². The maximum atomic E-state index is 12.4. The third-order valence-electron chi connectivity index (χ3n) is 4.25. The Hall–Kier alpha value is -0.620. The second-order valence-corrected chi connectivity index (χ2v) is 7.92. The van der Waals surface area contributed by atoms with E-state index in [9.17, 15) is 13.2 Å². The Morgan fingerprint density at radius 3 is 2.39 bits per heavy atom. The van der Waals surface area contributed by atoms with Gasteiger partial charge in [0.05, 0.1) is 17.0 Å². The molecule has 0 spiro atoms. The summed E-state index contributed by atoms with van der Waals surface area (Å²) in [5, 5.41) is 0. The van der Waals surface area contributed by atoms with E-state index in [2.05, 4.69) is 0 Å². The first-order valence-corrected chi connectivity index (χ1v) is 8.43. The lowest BCUT2D eigenvalue weighted by atomic mass is 9.81. The molecule has 1 aliphatic carbocycles. The molecule has 104 valence electrons. The zero-order valence-electron chi connectivity index (χ0n) is 10.9. The summed E-state index contributed by atoms with van der Waals surface area (Å²) in [6, 6.07) is -0.190. The molecule has 0 aromatic heterocycles. The van der Waals surface area contributed by atoms with Crippen molar-refractivity contribution in [1.82, 2.24) is 4.90 Å². The molecule has 2 aliphatic rings. The molecule has 2 N–H and O–H groups in total. The zero-order valence-corrected chi connectivity index (χ0v) is 11.7. The average molecular weight is 274 g/mol. The van der Waals surface area contributed by atoms with E-state index in [1.165, 1.54) is 0 Å². The number of hydrogen-bond acceptors (Lipinski definition) is 4. The molecular weight excluding hydrogens is 252 g/mol. The minimum Gasteiger partial charge on any atom is -0.340 e. The summed E-state index contributed by atoms with van der Waals surface area (Å²) in [4.78, 5) is 14.0. The van der Waals surface area contributed by atoms with E-state index in [1.54, 1.807) is 11.9 Å². The molecule has 6 heteroatoms. The minimum atomic E-state index is -2.96. The van der Waals surface area contributed by atoms with Crippen molar-refractivity contribution in [3.8, 4) is 0 Å². The van der Waals surface area contributed by atoms with Crippen LogP contribution in [0.5, 0.6) is 0 Å². The summed E-state index contributed by atoms with van der Waals surface area (Å²) < 4.78 is 22.9. The Kier molecular flexibility index (Phi) is 3.69. The van der Waals surface area contributed by atoms with Crippen LogP contribution in [0.15, 0.2) is 0 Å². The van der Waals surface area contributed by atoms with Crippen LogP contribution in [0.1, 0.15) is 38.5 Å². The fourth-order valence-corrected chi connectivity index (χ4v) is 4.77. The second-order valence-electron chi connectivity index (χ2n) is 5.69. The molecule has 18 heavy (non-hydrogen) atoms. The van der Waals surface area contributed by atoms with Gasteiger partial charge < -0.3 is 10.6 Å². The second kappa shape index (κ2) is 4.81. The molecule has 1 unspecified atom stereocenters. The van der Waals surface area contributed by atoms with Gasteiger partial charge in [-0.05, 0) is 19.3 Å². The SMILES string of the molecule is CN(C(=O)C1(N)CCCCC1)C1CCS(=O)(=O)C1. The minimum absolute atomic E-state index is 0.0794. The molecule has 0 aromatic rings.